The standard InChI is InChI=1S/C8H12N2OS/c1-11-7-10-6(5-12-7)8(9)3-2-4-8/h5H,2-4,9H2,1H3. The van der Waals surface area contributed by atoms with E-state index in [9.17, 15) is 0 Å². The third-order valence-electron chi connectivity index (χ3n) is 2.41. The van der Waals surface area contributed by atoms with Gasteiger partial charge in [-0.1, -0.05) is 11.3 Å². The highest BCUT2D eigenvalue weighted by Crippen LogP contribution is 2.39. The maximum atomic E-state index is 6.08. The van der Waals surface area contributed by atoms with Crippen molar-refractivity contribution in [1.29, 1.82) is 0 Å². The average molecular weight is 184 g/mol. The van der Waals surface area contributed by atoms with E-state index in [1.54, 1.807) is 7.11 Å². The number of nitrogens with zero attached hydrogens (tertiary/aromatic N) is 1. The monoisotopic (exact) mass is 184 g/mol. The van der Waals surface area contributed by atoms with E-state index in [4.69, 9.17) is 10.5 Å². The highest BCUT2D eigenvalue weighted by atomic mass is 32.1. The summed E-state index contributed by atoms with van der Waals surface area (Å²) in [6.45, 7) is 0. The number of aromatic nitrogens is 1. The maximum absolute atomic E-state index is 6.08. The fourth-order valence-corrected chi connectivity index (χ4v) is 2.14. The number of ether oxygens (including phenoxy) is 1. The van der Waals surface area contributed by atoms with E-state index in [-0.39, 0.29) is 5.54 Å². The summed E-state index contributed by atoms with van der Waals surface area (Å²) >= 11 is 1.51. The van der Waals surface area contributed by atoms with Crippen LogP contribution in [-0.4, -0.2) is 12.1 Å². The van der Waals surface area contributed by atoms with E-state index in [0.717, 1.165) is 18.5 Å². The second kappa shape index (κ2) is 2.71. The smallest absolute Gasteiger partial charge is 0.273 e. The molecule has 1 aliphatic carbocycles. The van der Waals surface area contributed by atoms with E-state index in [1.807, 2.05) is 5.38 Å². The Kier molecular flexibility index (Phi) is 1.81. The molecule has 66 valence electrons. The number of rotatable bonds is 2. The molecule has 1 aromatic rings. The van der Waals surface area contributed by atoms with Gasteiger partial charge in [-0.05, 0) is 19.3 Å². The molecule has 0 bridgehead atoms. The van der Waals surface area contributed by atoms with Crippen molar-refractivity contribution < 1.29 is 4.74 Å². The molecule has 0 aromatic carbocycles. The van der Waals surface area contributed by atoms with Crippen LogP contribution < -0.4 is 10.5 Å². The maximum Gasteiger partial charge on any atom is 0.273 e. The summed E-state index contributed by atoms with van der Waals surface area (Å²) < 4.78 is 5.01. The Labute approximate surface area is 75.6 Å². The van der Waals surface area contributed by atoms with E-state index in [1.165, 1.54) is 17.8 Å². The van der Waals surface area contributed by atoms with Crippen LogP contribution in [0.15, 0.2) is 5.38 Å². The first kappa shape index (κ1) is 8.01. The van der Waals surface area contributed by atoms with Crippen molar-refractivity contribution in [2.45, 2.75) is 24.8 Å². The van der Waals surface area contributed by atoms with Crippen molar-refractivity contribution in [3.63, 3.8) is 0 Å². The first-order chi connectivity index (χ1) is 5.74. The van der Waals surface area contributed by atoms with Gasteiger partial charge in [0.05, 0.1) is 18.3 Å². The van der Waals surface area contributed by atoms with E-state index < -0.39 is 0 Å². The Bertz CT molecular complexity index is 280. The predicted molar refractivity (Wildman–Crippen MR) is 48.4 cm³/mol. The van der Waals surface area contributed by atoms with Crippen LogP contribution in [0.4, 0.5) is 0 Å². The van der Waals surface area contributed by atoms with Crippen molar-refractivity contribution in [2.75, 3.05) is 7.11 Å². The van der Waals surface area contributed by atoms with Crippen LogP contribution in [-0.2, 0) is 5.54 Å². The molecule has 2 rings (SSSR count). The molecule has 0 spiro atoms. The van der Waals surface area contributed by atoms with Crippen LogP contribution in [0.5, 0.6) is 5.19 Å². The fourth-order valence-electron chi connectivity index (χ4n) is 1.39. The lowest BCUT2D eigenvalue weighted by Crippen LogP contribution is -2.43. The summed E-state index contributed by atoms with van der Waals surface area (Å²) in [7, 11) is 1.63. The zero-order chi connectivity index (χ0) is 8.60. The molecule has 1 aromatic heterocycles. The first-order valence-corrected chi connectivity index (χ1v) is 4.91. The molecule has 1 aliphatic rings. The number of hydrogen-bond acceptors (Lipinski definition) is 4. The van der Waals surface area contributed by atoms with Crippen LogP contribution in [0.1, 0.15) is 25.0 Å². The topological polar surface area (TPSA) is 48.1 Å². The predicted octanol–water partition coefficient (Wildman–Crippen LogP) is 1.49. The molecule has 0 radical (unpaired) electrons. The summed E-state index contributed by atoms with van der Waals surface area (Å²) in [5.74, 6) is 0. The lowest BCUT2D eigenvalue weighted by molar-refractivity contribution is 0.245. The minimum Gasteiger partial charge on any atom is -0.473 e. The molecule has 0 unspecified atom stereocenters. The molecule has 2 N–H and O–H groups in total. The molecule has 1 saturated carbocycles. The normalized spacial score (nSPS) is 20.2. The highest BCUT2D eigenvalue weighted by Gasteiger charge is 2.36. The third kappa shape index (κ3) is 1.11. The van der Waals surface area contributed by atoms with Crippen molar-refractivity contribution in [3.05, 3.63) is 11.1 Å². The van der Waals surface area contributed by atoms with Crippen LogP contribution in [0.3, 0.4) is 0 Å². The van der Waals surface area contributed by atoms with Gasteiger partial charge in [-0.15, -0.1) is 0 Å². The fraction of sp³-hybridized carbons (Fsp3) is 0.625. The zero-order valence-corrected chi connectivity index (χ0v) is 7.86. The molecule has 3 nitrogen and oxygen atoms in total. The van der Waals surface area contributed by atoms with Gasteiger partial charge in [0.2, 0.25) is 0 Å². The number of thiazole rings is 1. The summed E-state index contributed by atoms with van der Waals surface area (Å²) in [5, 5.41) is 2.71. The summed E-state index contributed by atoms with van der Waals surface area (Å²) in [5.41, 5.74) is 6.93. The molecule has 1 heterocycles. The molecular weight excluding hydrogens is 172 g/mol. The lowest BCUT2D eigenvalue weighted by atomic mass is 9.76. The molecule has 1 fully saturated rings. The van der Waals surface area contributed by atoms with Gasteiger partial charge in [0.25, 0.3) is 5.19 Å². The Morgan fingerprint density at radius 1 is 1.67 bits per heavy atom. The summed E-state index contributed by atoms with van der Waals surface area (Å²) in [6, 6.07) is 0. The van der Waals surface area contributed by atoms with E-state index >= 15 is 0 Å². The van der Waals surface area contributed by atoms with Gasteiger partial charge in [-0.2, -0.15) is 0 Å². The second-order valence-corrected chi connectivity index (χ2v) is 4.03. The van der Waals surface area contributed by atoms with Gasteiger partial charge in [-0.25, -0.2) is 4.98 Å². The Morgan fingerprint density at radius 3 is 2.83 bits per heavy atom. The molecule has 4 heteroatoms. The van der Waals surface area contributed by atoms with Crippen LogP contribution in [0, 0.1) is 0 Å². The number of hydrogen-bond donors (Lipinski definition) is 1. The molecular formula is C8H12N2OS. The molecule has 0 aliphatic heterocycles. The van der Waals surface area contributed by atoms with Gasteiger partial charge >= 0.3 is 0 Å². The third-order valence-corrected chi connectivity index (χ3v) is 3.21. The van der Waals surface area contributed by atoms with Crippen molar-refractivity contribution in [1.82, 2.24) is 4.98 Å². The summed E-state index contributed by atoms with van der Waals surface area (Å²) in [6.07, 6.45) is 3.33. The highest BCUT2D eigenvalue weighted by molar-refractivity contribution is 7.11. The van der Waals surface area contributed by atoms with Crippen LogP contribution in [0.2, 0.25) is 0 Å². The number of nitrogens with two attached hydrogens (primary N) is 1. The van der Waals surface area contributed by atoms with Gasteiger partial charge in [-0.3, -0.25) is 0 Å². The average Bonchev–Trinajstić information content (AvgIpc) is 2.48. The van der Waals surface area contributed by atoms with Crippen molar-refractivity contribution in [3.8, 4) is 5.19 Å². The molecule has 0 saturated heterocycles. The first-order valence-electron chi connectivity index (χ1n) is 4.03. The van der Waals surface area contributed by atoms with Crippen molar-refractivity contribution >= 4 is 11.3 Å². The molecule has 0 atom stereocenters. The largest absolute Gasteiger partial charge is 0.473 e. The molecule has 12 heavy (non-hydrogen) atoms. The van der Waals surface area contributed by atoms with Gasteiger partial charge in [0.1, 0.15) is 0 Å². The number of methoxy groups -OCH3 is 1. The Morgan fingerprint density at radius 2 is 2.42 bits per heavy atom. The summed E-state index contributed by atoms with van der Waals surface area (Å²) in [4.78, 5) is 4.29. The van der Waals surface area contributed by atoms with Crippen molar-refractivity contribution in [2.24, 2.45) is 5.73 Å². The second-order valence-electron chi connectivity index (χ2n) is 3.21. The Balaban J connectivity index is 2.22. The molecule has 0 amide bonds. The SMILES string of the molecule is COc1nc(C2(N)CCC2)cs1. The Hall–Kier alpha value is -0.610. The zero-order valence-electron chi connectivity index (χ0n) is 7.04. The quantitative estimate of drug-likeness (QED) is 0.757. The van der Waals surface area contributed by atoms with Gasteiger partial charge < -0.3 is 10.5 Å². The van der Waals surface area contributed by atoms with Gasteiger partial charge in [0, 0.05) is 5.38 Å². The van der Waals surface area contributed by atoms with Gasteiger partial charge in [0.15, 0.2) is 0 Å². The minimum atomic E-state index is -0.146. The van der Waals surface area contributed by atoms with E-state index in [0.29, 0.717) is 5.19 Å². The minimum absolute atomic E-state index is 0.146. The van der Waals surface area contributed by atoms with Crippen LogP contribution in [0.25, 0.3) is 0 Å². The lowest BCUT2D eigenvalue weighted by Gasteiger charge is -2.36. The van der Waals surface area contributed by atoms with Crippen LogP contribution >= 0.6 is 11.3 Å². The van der Waals surface area contributed by atoms with E-state index in [2.05, 4.69) is 4.98 Å².